The number of halogens is 1. The predicted molar refractivity (Wildman–Crippen MR) is 73.9 cm³/mol. The summed E-state index contributed by atoms with van der Waals surface area (Å²) in [6.45, 7) is 3.77. The Balaban J connectivity index is 2.91. The average molecular weight is 316 g/mol. The van der Waals surface area contributed by atoms with E-state index in [1.54, 1.807) is 18.2 Å². The van der Waals surface area contributed by atoms with Crippen LogP contribution < -0.4 is 10.1 Å². The SMILES string of the molecule is COc1cc(Br)ccc1C(=O)NC(C)(C)CCO. The molecule has 2 N–H and O–H groups in total. The van der Waals surface area contributed by atoms with Crippen LogP contribution in [0.4, 0.5) is 0 Å². The zero-order chi connectivity index (χ0) is 13.8. The first-order valence-corrected chi connectivity index (χ1v) is 6.46. The molecule has 0 spiro atoms. The van der Waals surface area contributed by atoms with Crippen molar-refractivity contribution in [2.75, 3.05) is 13.7 Å². The van der Waals surface area contributed by atoms with Crippen molar-refractivity contribution >= 4 is 21.8 Å². The second-order valence-electron chi connectivity index (χ2n) is 4.66. The van der Waals surface area contributed by atoms with E-state index in [1.165, 1.54) is 7.11 Å². The molecule has 4 nitrogen and oxygen atoms in total. The molecule has 1 rings (SSSR count). The number of rotatable bonds is 5. The molecule has 0 aliphatic carbocycles. The number of benzene rings is 1. The van der Waals surface area contributed by atoms with Gasteiger partial charge in [0.2, 0.25) is 0 Å². The lowest BCUT2D eigenvalue weighted by atomic mass is 10.0. The summed E-state index contributed by atoms with van der Waals surface area (Å²) < 4.78 is 6.03. The number of carbonyl (C=O) groups is 1. The van der Waals surface area contributed by atoms with Crippen LogP contribution in [0.5, 0.6) is 5.75 Å². The Morgan fingerprint density at radius 2 is 2.17 bits per heavy atom. The first-order valence-electron chi connectivity index (χ1n) is 5.66. The third kappa shape index (κ3) is 3.99. The minimum Gasteiger partial charge on any atom is -0.496 e. The van der Waals surface area contributed by atoms with Crippen LogP contribution in [0, 0.1) is 0 Å². The summed E-state index contributed by atoms with van der Waals surface area (Å²) in [4.78, 5) is 12.1. The Morgan fingerprint density at radius 1 is 1.50 bits per heavy atom. The largest absolute Gasteiger partial charge is 0.496 e. The molecule has 1 amide bonds. The third-order valence-corrected chi connectivity index (χ3v) is 3.09. The zero-order valence-electron chi connectivity index (χ0n) is 10.8. The Kier molecular flexibility index (Phi) is 5.16. The van der Waals surface area contributed by atoms with E-state index in [0.29, 0.717) is 17.7 Å². The van der Waals surface area contributed by atoms with Crippen molar-refractivity contribution in [3.05, 3.63) is 28.2 Å². The monoisotopic (exact) mass is 315 g/mol. The Morgan fingerprint density at radius 3 is 2.72 bits per heavy atom. The summed E-state index contributed by atoms with van der Waals surface area (Å²) in [6, 6.07) is 5.23. The number of nitrogens with one attached hydrogen (secondary N) is 1. The molecular formula is C13H18BrNO3. The molecule has 0 aromatic heterocycles. The fraction of sp³-hybridized carbons (Fsp3) is 0.462. The summed E-state index contributed by atoms with van der Waals surface area (Å²) in [5, 5.41) is 11.8. The van der Waals surface area contributed by atoms with Gasteiger partial charge in [-0.05, 0) is 38.5 Å². The lowest BCUT2D eigenvalue weighted by molar-refractivity contribution is 0.0896. The smallest absolute Gasteiger partial charge is 0.255 e. The van der Waals surface area contributed by atoms with Gasteiger partial charge in [0.25, 0.3) is 5.91 Å². The number of carbonyl (C=O) groups excluding carboxylic acids is 1. The quantitative estimate of drug-likeness (QED) is 0.877. The van der Waals surface area contributed by atoms with E-state index >= 15 is 0 Å². The van der Waals surface area contributed by atoms with E-state index in [2.05, 4.69) is 21.2 Å². The summed E-state index contributed by atoms with van der Waals surface area (Å²) >= 11 is 3.33. The van der Waals surface area contributed by atoms with Gasteiger partial charge in [0, 0.05) is 16.6 Å². The lowest BCUT2D eigenvalue weighted by Crippen LogP contribution is -2.44. The molecule has 0 saturated heterocycles. The molecular weight excluding hydrogens is 298 g/mol. The van der Waals surface area contributed by atoms with E-state index in [9.17, 15) is 4.79 Å². The molecule has 0 atom stereocenters. The molecule has 0 saturated carbocycles. The zero-order valence-corrected chi connectivity index (χ0v) is 12.4. The summed E-state index contributed by atoms with van der Waals surface area (Å²) in [7, 11) is 1.53. The van der Waals surface area contributed by atoms with Gasteiger partial charge in [-0.1, -0.05) is 15.9 Å². The molecule has 1 aromatic carbocycles. The third-order valence-electron chi connectivity index (χ3n) is 2.60. The number of hydrogen-bond acceptors (Lipinski definition) is 3. The van der Waals surface area contributed by atoms with Crippen molar-refractivity contribution in [2.45, 2.75) is 25.8 Å². The minimum absolute atomic E-state index is 0.0325. The number of hydrogen-bond donors (Lipinski definition) is 2. The number of aliphatic hydroxyl groups is 1. The van der Waals surface area contributed by atoms with Crippen molar-refractivity contribution in [1.82, 2.24) is 5.32 Å². The first kappa shape index (κ1) is 15.0. The average Bonchev–Trinajstić information content (AvgIpc) is 2.27. The highest BCUT2D eigenvalue weighted by molar-refractivity contribution is 9.10. The van der Waals surface area contributed by atoms with Crippen molar-refractivity contribution in [3.63, 3.8) is 0 Å². The van der Waals surface area contributed by atoms with Crippen LogP contribution >= 0.6 is 15.9 Å². The molecule has 1 aromatic rings. The van der Waals surface area contributed by atoms with E-state index < -0.39 is 5.54 Å². The number of methoxy groups -OCH3 is 1. The normalized spacial score (nSPS) is 11.2. The van der Waals surface area contributed by atoms with E-state index in [4.69, 9.17) is 9.84 Å². The molecule has 0 unspecified atom stereocenters. The maximum absolute atomic E-state index is 12.1. The molecule has 0 aliphatic heterocycles. The molecule has 0 heterocycles. The van der Waals surface area contributed by atoms with Gasteiger partial charge in [-0.25, -0.2) is 0 Å². The highest BCUT2D eigenvalue weighted by atomic mass is 79.9. The maximum atomic E-state index is 12.1. The molecule has 0 fully saturated rings. The van der Waals surface area contributed by atoms with Crippen molar-refractivity contribution in [2.24, 2.45) is 0 Å². The topological polar surface area (TPSA) is 58.6 Å². The van der Waals surface area contributed by atoms with Gasteiger partial charge in [-0.3, -0.25) is 4.79 Å². The van der Waals surface area contributed by atoms with Crippen molar-refractivity contribution < 1.29 is 14.6 Å². The summed E-state index contributed by atoms with van der Waals surface area (Å²) in [5.74, 6) is 0.305. The van der Waals surface area contributed by atoms with Gasteiger partial charge in [0.05, 0.1) is 12.7 Å². The molecule has 0 aliphatic rings. The van der Waals surface area contributed by atoms with Crippen LogP contribution in [0.3, 0.4) is 0 Å². The lowest BCUT2D eigenvalue weighted by Gasteiger charge is -2.25. The van der Waals surface area contributed by atoms with Crippen LogP contribution in [0.15, 0.2) is 22.7 Å². The molecule has 0 bridgehead atoms. The van der Waals surface area contributed by atoms with E-state index in [1.807, 2.05) is 13.8 Å². The van der Waals surface area contributed by atoms with Gasteiger partial charge in [0.15, 0.2) is 0 Å². The van der Waals surface area contributed by atoms with Crippen LogP contribution in [-0.4, -0.2) is 30.3 Å². The van der Waals surface area contributed by atoms with Crippen LogP contribution in [0.25, 0.3) is 0 Å². The molecule has 0 radical (unpaired) electrons. The van der Waals surface area contributed by atoms with Gasteiger partial charge in [-0.15, -0.1) is 0 Å². The maximum Gasteiger partial charge on any atom is 0.255 e. The first-order chi connectivity index (χ1) is 8.39. The van der Waals surface area contributed by atoms with E-state index in [0.717, 1.165) is 4.47 Å². The Labute approximate surface area is 115 Å². The van der Waals surface area contributed by atoms with Crippen LogP contribution in [-0.2, 0) is 0 Å². The number of aliphatic hydroxyl groups excluding tert-OH is 1. The fourth-order valence-corrected chi connectivity index (χ4v) is 1.91. The standard InChI is InChI=1S/C13H18BrNO3/c1-13(2,6-7-16)15-12(17)10-5-4-9(14)8-11(10)18-3/h4-5,8,16H,6-7H2,1-3H3,(H,15,17). The Bertz CT molecular complexity index is 432. The van der Waals surface area contributed by atoms with Gasteiger partial charge in [0.1, 0.15) is 5.75 Å². The van der Waals surface area contributed by atoms with Crippen molar-refractivity contribution in [3.8, 4) is 5.75 Å². The number of amides is 1. The summed E-state index contributed by atoms with van der Waals surface area (Å²) in [5.41, 5.74) is 0.0240. The Hall–Kier alpha value is -1.07. The molecule has 100 valence electrons. The highest BCUT2D eigenvalue weighted by Crippen LogP contribution is 2.24. The molecule has 18 heavy (non-hydrogen) atoms. The van der Waals surface area contributed by atoms with Crippen LogP contribution in [0.1, 0.15) is 30.6 Å². The number of ether oxygens (including phenoxy) is 1. The van der Waals surface area contributed by atoms with E-state index in [-0.39, 0.29) is 12.5 Å². The van der Waals surface area contributed by atoms with Crippen molar-refractivity contribution in [1.29, 1.82) is 0 Å². The van der Waals surface area contributed by atoms with Gasteiger partial charge < -0.3 is 15.2 Å². The minimum atomic E-state index is -0.454. The summed E-state index contributed by atoms with van der Waals surface area (Å²) in [6.07, 6.45) is 0.498. The van der Waals surface area contributed by atoms with Gasteiger partial charge >= 0.3 is 0 Å². The van der Waals surface area contributed by atoms with Gasteiger partial charge in [-0.2, -0.15) is 0 Å². The predicted octanol–water partition coefficient (Wildman–Crippen LogP) is 2.35. The highest BCUT2D eigenvalue weighted by Gasteiger charge is 2.22. The fourth-order valence-electron chi connectivity index (χ4n) is 1.57. The van der Waals surface area contributed by atoms with Crippen LogP contribution in [0.2, 0.25) is 0 Å². The second-order valence-corrected chi connectivity index (χ2v) is 5.57. The molecule has 5 heteroatoms. The second kappa shape index (κ2) is 6.20.